The fourth-order valence-corrected chi connectivity index (χ4v) is 16.9. The molecule has 0 saturated carbocycles. The molecule has 0 saturated heterocycles. The zero-order chi connectivity index (χ0) is 106. The van der Waals surface area contributed by atoms with Crippen molar-refractivity contribution in [3.63, 3.8) is 0 Å². The summed E-state index contributed by atoms with van der Waals surface area (Å²) in [6.45, 7) is 38.3. The molecule has 0 unspecified atom stereocenters. The van der Waals surface area contributed by atoms with Gasteiger partial charge in [0, 0.05) is 109 Å². The number of methoxy groups -OCH3 is 4. The SMILES string of the molecule is CCC.CCC.CCC1=C(CC)C(=Cc2[nH]c(-c3ccc[nH]3)cc2OC)N=C1.CCCCCCC1=NC(=Cc2[nH]c(-c3ccc[nH]3)cc2OC)C(C)=C1.CCCCCCc1cc(C)c[nH]1.CCc1c[nH]cc1CC.COc1cc(-c2ccc[nH]2)[nH]c1C=C1C=CC(c2ccc(C)o2)=N1.COc1cc(-c2ccc[nH]2)[nH]c1C=C1N=C(c2ccccc2)C(C)=C1C.Cc1c[nH]c(-c2ccccc2)c1C.Cc1ccc(-c2ccc[nH]2)o1.[H+].[H+].[H+].[H+]. The van der Waals surface area contributed by atoms with Gasteiger partial charge in [-0.25, -0.2) is 9.98 Å². The number of allylic oxidation sites excluding steroid dienone is 8. The zero-order valence-corrected chi connectivity index (χ0v) is 91.1. The Labute approximate surface area is 882 Å². The number of hydrogen-bond donors (Lipinski definition) is 12. The van der Waals surface area contributed by atoms with Gasteiger partial charge >= 0.3 is 5.71 Å². The monoisotopic (exact) mass is 1990 g/mol. The van der Waals surface area contributed by atoms with Crippen LogP contribution in [0, 0.1) is 34.6 Å². The van der Waals surface area contributed by atoms with Crippen molar-refractivity contribution in [2.24, 2.45) is 20.0 Å². The number of aromatic nitrogens is 12. The van der Waals surface area contributed by atoms with Crippen LogP contribution in [0.4, 0.5) is 0 Å². The highest BCUT2D eigenvalue weighted by Gasteiger charge is 2.23. The third kappa shape index (κ3) is 32.3. The largest absolute Gasteiger partial charge is 1.00 e. The molecule has 0 aliphatic carbocycles. The number of aromatic amines is 12. The molecule has 4 aliphatic rings. The first-order chi connectivity index (χ1) is 72.0. The molecule has 14 aromatic heterocycles. The van der Waals surface area contributed by atoms with Crippen LogP contribution in [0.1, 0.15) is 258 Å². The summed E-state index contributed by atoms with van der Waals surface area (Å²) < 4.78 is 33.1. The van der Waals surface area contributed by atoms with Gasteiger partial charge in [-0.1, -0.05) is 181 Å². The van der Waals surface area contributed by atoms with Crippen LogP contribution in [0.3, 0.4) is 0 Å². The van der Waals surface area contributed by atoms with E-state index in [1.165, 1.54) is 149 Å². The maximum Gasteiger partial charge on any atom is 1.00 e. The smallest absolute Gasteiger partial charge is 0.494 e. The van der Waals surface area contributed by atoms with Crippen LogP contribution in [0.2, 0.25) is 0 Å². The molecule has 2 aromatic carbocycles. The lowest BCUT2D eigenvalue weighted by atomic mass is 10.0. The van der Waals surface area contributed by atoms with Gasteiger partial charge in [0.1, 0.15) is 46.0 Å². The van der Waals surface area contributed by atoms with Gasteiger partial charge in [-0.15, -0.1) is 0 Å². The molecule has 0 spiro atoms. The number of benzene rings is 2. The molecule has 4 aliphatic heterocycles. The van der Waals surface area contributed by atoms with Crippen molar-refractivity contribution >= 4 is 47.7 Å². The Morgan fingerprint density at radius 3 is 1.24 bits per heavy atom. The number of hydrogen-bond acceptors (Lipinski definition) is 10. The molecule has 18 heterocycles. The second-order valence-corrected chi connectivity index (χ2v) is 36.7. The Balaban J connectivity index is 0.000000237. The standard InChI is InChI=1S/C22H21N3O.C21H27N3O.C19H17N3O2.C18H21N3O.C12H13N.C11H19N.C9H9NO.C8H13N.2C3H8/c1-14-15(2)22(16-8-5-4-6-9-16)25-18(14)12-20-21(26-3)13-19(24-20)17-10-7-11-23-17;1-4-5-6-7-9-16-12-15(2)18(23-16)13-20-21(25-3)14-19(24-20)17-10-8-11-22-17;1-12-5-8-18(24-12)15-7-6-13(21-15)10-17-19(23-2)11-16(22-17)14-4-3-9-20-14;1-4-12-11-20-15(13(12)5-2)9-17-18(22-3)10-16(21-17)14-7-6-8-19-14;1-9-8-13-12(10(9)2)11-6-4-3-5-7-11;1-3-4-5-6-7-11-8-10(2)9-12-11;1-7-4-5-9(11-7)8-3-2-6-10-8;1-3-7-5-9-6-8(7)4-2;2*1-3-2/h4-13,23-24H,1-3H3;8,10-14,22,24H,4-7,9H2,1-3H3;3-11,20,22H,1-2H3;6-11,19,21H,4-5H2,1-3H3;3-8,13H,1-2H3;8-9,12H,3-7H2,1-2H3;2-6,10H,1H3;5-6,9H,3-4H2,1-2H3;2*3H2,1-2H3/p+4. The molecule has 16 aromatic rings. The summed E-state index contributed by atoms with van der Waals surface area (Å²) in [4.78, 5) is 58.0. The third-order valence-electron chi connectivity index (χ3n) is 25.1. The number of furan rings is 2. The predicted molar refractivity (Wildman–Crippen MR) is 625 cm³/mol. The number of nitrogens with zero attached hydrogens (tertiary/aromatic N) is 4. The number of ether oxygens (including phenoxy) is 4. The topological polar surface area (TPSA) is 302 Å². The number of nitrogens with one attached hydrogen (secondary N) is 12. The second kappa shape index (κ2) is 58.9. The van der Waals surface area contributed by atoms with E-state index in [2.05, 4.69) is 272 Å². The van der Waals surface area contributed by atoms with Crippen LogP contribution < -0.4 is 18.9 Å². The molecular formula is C126H160N16O6+4. The lowest BCUT2D eigenvalue weighted by molar-refractivity contribution is 0.414. The lowest BCUT2D eigenvalue weighted by Gasteiger charge is -2.04. The summed E-state index contributed by atoms with van der Waals surface area (Å²) in [5.74, 6) is 6.72. The van der Waals surface area contributed by atoms with E-state index >= 15 is 0 Å². The van der Waals surface area contributed by atoms with E-state index < -0.39 is 0 Å². The maximum absolute atomic E-state index is 5.62. The third-order valence-corrected chi connectivity index (χ3v) is 25.1. The van der Waals surface area contributed by atoms with Gasteiger partial charge in [-0.2, -0.15) is 0 Å². The summed E-state index contributed by atoms with van der Waals surface area (Å²) in [5.41, 5.74) is 37.9. The predicted octanol–water partition coefficient (Wildman–Crippen LogP) is 34.6. The van der Waals surface area contributed by atoms with Crippen molar-refractivity contribution in [3.05, 3.63) is 380 Å². The van der Waals surface area contributed by atoms with E-state index in [0.717, 1.165) is 192 Å². The first-order valence-corrected chi connectivity index (χ1v) is 52.4. The van der Waals surface area contributed by atoms with Crippen molar-refractivity contribution in [2.45, 2.75) is 227 Å². The van der Waals surface area contributed by atoms with Gasteiger partial charge < -0.3 is 87.6 Å². The first kappa shape index (κ1) is 112. The normalized spacial score (nSPS) is 13.6. The number of aliphatic imine (C=N–C) groups is 4. The van der Waals surface area contributed by atoms with Crippen LogP contribution in [-0.2, 0) is 19.3 Å². The fourth-order valence-electron chi connectivity index (χ4n) is 16.9. The molecular weight excluding hydrogens is 1830 g/mol. The Hall–Kier alpha value is -15.8. The Morgan fingerprint density at radius 2 is 0.824 bits per heavy atom. The summed E-state index contributed by atoms with van der Waals surface area (Å²) >= 11 is 0. The average molecular weight is 1990 g/mol. The molecule has 22 nitrogen and oxygen atoms in total. The Bertz CT molecular complexity index is 7070. The molecule has 22 heteroatoms. The number of aryl methyl sites for hydroxylation is 7. The van der Waals surface area contributed by atoms with Gasteiger partial charge in [0.15, 0.2) is 5.76 Å². The highest BCUT2D eigenvalue weighted by molar-refractivity contribution is 6.16. The molecule has 0 bridgehead atoms. The molecule has 12 N–H and O–H groups in total. The van der Waals surface area contributed by atoms with Crippen LogP contribution in [0.25, 0.3) is 92.6 Å². The Morgan fingerprint density at radius 1 is 0.372 bits per heavy atom. The van der Waals surface area contributed by atoms with Crippen LogP contribution in [-0.4, -0.2) is 112 Å². The van der Waals surface area contributed by atoms with E-state index in [-0.39, 0.29) is 5.71 Å². The zero-order valence-electron chi connectivity index (χ0n) is 95.1. The highest BCUT2D eigenvalue weighted by Crippen LogP contribution is 2.39. The summed E-state index contributed by atoms with van der Waals surface area (Å²) in [5, 5.41) is 0. The van der Waals surface area contributed by atoms with E-state index in [0.29, 0.717) is 0 Å². The minimum Gasteiger partial charge on any atom is -0.494 e. The number of rotatable bonds is 30. The average Bonchev–Trinajstić information content (AvgIpc) is 1.64. The van der Waals surface area contributed by atoms with Gasteiger partial charge in [-0.05, 0) is 302 Å². The Kier molecular flexibility index (Phi) is 44.8. The highest BCUT2D eigenvalue weighted by atomic mass is 16.5. The molecule has 0 atom stereocenters. The van der Waals surface area contributed by atoms with E-state index in [1.54, 1.807) is 28.4 Å². The van der Waals surface area contributed by atoms with Crippen LogP contribution in [0.15, 0.2) is 329 Å². The quantitative estimate of drug-likeness (QED) is 0.0194. The van der Waals surface area contributed by atoms with Crippen molar-refractivity contribution in [2.75, 3.05) is 28.4 Å². The van der Waals surface area contributed by atoms with Crippen molar-refractivity contribution in [3.8, 4) is 91.3 Å². The summed E-state index contributed by atoms with van der Waals surface area (Å²) in [6, 6.07) is 58.6. The molecule has 0 fully saturated rings. The van der Waals surface area contributed by atoms with Gasteiger partial charge in [0.05, 0.1) is 131 Å². The number of unbranched alkanes of at least 4 members (excludes halogenated alkanes) is 6. The fraction of sp³-hybridized carbons (Fsp3) is 0.302. The maximum atomic E-state index is 5.62. The van der Waals surface area contributed by atoms with Crippen LogP contribution in [0.5, 0.6) is 23.0 Å². The minimum absolute atomic E-state index is 0. The van der Waals surface area contributed by atoms with E-state index in [9.17, 15) is 0 Å². The lowest BCUT2D eigenvalue weighted by Crippen LogP contribution is -1.98. The molecule has 0 radical (unpaired) electrons. The van der Waals surface area contributed by atoms with E-state index in [1.807, 2.05) is 203 Å². The van der Waals surface area contributed by atoms with Gasteiger partial charge in [-0.3, -0.25) is 9.98 Å². The van der Waals surface area contributed by atoms with Crippen molar-refractivity contribution in [1.29, 1.82) is 0 Å². The van der Waals surface area contributed by atoms with Gasteiger partial charge in [0.25, 0.3) is 0 Å². The minimum atomic E-state index is 0. The summed E-state index contributed by atoms with van der Waals surface area (Å²) in [7, 11) is 6.73. The van der Waals surface area contributed by atoms with Crippen molar-refractivity contribution in [1.82, 2.24) is 59.8 Å². The number of H-pyrrole nitrogens is 12. The molecule has 0 amide bonds. The first-order valence-electron chi connectivity index (χ1n) is 52.4. The molecule has 20 rings (SSSR count). The van der Waals surface area contributed by atoms with Crippen LogP contribution >= 0.6 is 0 Å². The van der Waals surface area contributed by atoms with Gasteiger partial charge in [0.2, 0.25) is 0 Å². The van der Waals surface area contributed by atoms with E-state index in [4.69, 9.17) is 37.8 Å². The molecule has 776 valence electrons. The van der Waals surface area contributed by atoms with Crippen molar-refractivity contribution < 1.29 is 33.5 Å². The summed E-state index contributed by atoms with van der Waals surface area (Å²) in [6.07, 6.45) is 53.6. The molecule has 148 heavy (non-hydrogen) atoms. The second-order valence-electron chi connectivity index (χ2n) is 36.7.